The molecule has 0 amide bonds. The molecule has 3 heteroatoms. The van der Waals surface area contributed by atoms with E-state index in [1.807, 2.05) is 48.5 Å². The fourth-order valence-electron chi connectivity index (χ4n) is 2.28. The molecule has 0 aliphatic rings. The molecule has 2 aromatic rings. The van der Waals surface area contributed by atoms with Crippen molar-refractivity contribution in [1.29, 1.82) is 5.26 Å². The zero-order valence-electron chi connectivity index (χ0n) is 12.0. The van der Waals surface area contributed by atoms with Gasteiger partial charge in [0.15, 0.2) is 0 Å². The van der Waals surface area contributed by atoms with E-state index < -0.39 is 0 Å². The molecule has 0 spiro atoms. The van der Waals surface area contributed by atoms with Crippen LogP contribution in [0.5, 0.6) is 0 Å². The molecular formula is C18H19ClN2. The van der Waals surface area contributed by atoms with Gasteiger partial charge in [0, 0.05) is 26.1 Å². The van der Waals surface area contributed by atoms with Gasteiger partial charge in [-0.25, -0.2) is 0 Å². The molecule has 0 bridgehead atoms. The number of nitrogens with zero attached hydrogens (tertiary/aromatic N) is 2. The van der Waals surface area contributed by atoms with Crippen LogP contribution in [0.4, 0.5) is 0 Å². The maximum atomic E-state index is 8.82. The van der Waals surface area contributed by atoms with E-state index in [0.717, 1.165) is 25.2 Å². The van der Waals surface area contributed by atoms with E-state index in [9.17, 15) is 0 Å². The normalized spacial score (nSPS) is 12.0. The number of halogens is 1. The smallest absolute Gasteiger partial charge is 0.0712 e. The van der Waals surface area contributed by atoms with Crippen LogP contribution in [0.2, 0.25) is 0 Å². The predicted octanol–water partition coefficient (Wildman–Crippen LogP) is 4.38. The third-order valence-electron chi connectivity index (χ3n) is 3.37. The lowest BCUT2D eigenvalue weighted by molar-refractivity contribution is 0.271. The van der Waals surface area contributed by atoms with Crippen molar-refractivity contribution in [2.24, 2.45) is 0 Å². The second-order valence-corrected chi connectivity index (χ2v) is 5.53. The Morgan fingerprint density at radius 3 is 2.24 bits per heavy atom. The SMILES string of the molecule is N#CCCN(Cc1ccccc1)C[C@H](Cl)c1ccccc1. The Kier molecular flexibility index (Phi) is 6.27. The third kappa shape index (κ3) is 5.23. The summed E-state index contributed by atoms with van der Waals surface area (Å²) in [6.45, 7) is 2.29. The van der Waals surface area contributed by atoms with Crippen molar-refractivity contribution < 1.29 is 0 Å². The lowest BCUT2D eigenvalue weighted by atomic mass is 10.1. The molecule has 0 radical (unpaired) electrons. The minimum Gasteiger partial charge on any atom is -0.296 e. The lowest BCUT2D eigenvalue weighted by Gasteiger charge is -2.24. The first-order chi connectivity index (χ1) is 10.3. The molecule has 0 aromatic heterocycles. The summed E-state index contributed by atoms with van der Waals surface area (Å²) in [6.07, 6.45) is 0.519. The van der Waals surface area contributed by atoms with Crippen molar-refractivity contribution in [1.82, 2.24) is 4.90 Å². The van der Waals surface area contributed by atoms with E-state index in [-0.39, 0.29) is 5.38 Å². The van der Waals surface area contributed by atoms with Crippen LogP contribution in [-0.2, 0) is 6.54 Å². The van der Waals surface area contributed by atoms with Gasteiger partial charge in [0.2, 0.25) is 0 Å². The summed E-state index contributed by atoms with van der Waals surface area (Å²) in [7, 11) is 0. The van der Waals surface area contributed by atoms with E-state index in [1.54, 1.807) is 0 Å². The van der Waals surface area contributed by atoms with Crippen molar-refractivity contribution in [3.63, 3.8) is 0 Å². The Bertz CT molecular complexity index is 563. The molecule has 0 fully saturated rings. The number of rotatable bonds is 7. The van der Waals surface area contributed by atoms with Crippen molar-refractivity contribution in [2.75, 3.05) is 13.1 Å². The minimum atomic E-state index is -0.0615. The molecular weight excluding hydrogens is 280 g/mol. The largest absolute Gasteiger partial charge is 0.296 e. The summed E-state index contributed by atoms with van der Waals surface area (Å²) in [5, 5.41) is 8.76. The van der Waals surface area contributed by atoms with Crippen LogP contribution in [0.3, 0.4) is 0 Å². The fraction of sp³-hybridized carbons (Fsp3) is 0.278. The molecule has 1 atom stereocenters. The van der Waals surface area contributed by atoms with Gasteiger partial charge in [-0.3, -0.25) is 4.90 Å². The highest BCUT2D eigenvalue weighted by molar-refractivity contribution is 6.21. The average Bonchev–Trinajstić information content (AvgIpc) is 2.54. The van der Waals surface area contributed by atoms with Gasteiger partial charge in [-0.05, 0) is 11.1 Å². The summed E-state index contributed by atoms with van der Waals surface area (Å²) in [4.78, 5) is 2.24. The fourth-order valence-corrected chi connectivity index (χ4v) is 2.62. The van der Waals surface area contributed by atoms with Gasteiger partial charge >= 0.3 is 0 Å². The summed E-state index contributed by atoms with van der Waals surface area (Å²) >= 11 is 6.52. The maximum absolute atomic E-state index is 8.82. The summed E-state index contributed by atoms with van der Waals surface area (Å²) in [5.41, 5.74) is 2.36. The van der Waals surface area contributed by atoms with Gasteiger partial charge in [0.1, 0.15) is 0 Å². The molecule has 21 heavy (non-hydrogen) atoms. The summed E-state index contributed by atoms with van der Waals surface area (Å²) in [6, 6.07) is 22.6. The van der Waals surface area contributed by atoms with Gasteiger partial charge < -0.3 is 0 Å². The van der Waals surface area contributed by atoms with Gasteiger partial charge in [0.05, 0.1) is 11.4 Å². The third-order valence-corrected chi connectivity index (χ3v) is 3.76. The van der Waals surface area contributed by atoms with Gasteiger partial charge in [-0.1, -0.05) is 60.7 Å². The lowest BCUT2D eigenvalue weighted by Crippen LogP contribution is -2.27. The van der Waals surface area contributed by atoms with Crippen molar-refractivity contribution >= 4 is 11.6 Å². The predicted molar refractivity (Wildman–Crippen MR) is 87.0 cm³/mol. The Hall–Kier alpha value is -1.82. The van der Waals surface area contributed by atoms with E-state index in [0.29, 0.717) is 6.42 Å². The molecule has 0 saturated heterocycles. The molecule has 0 saturated carbocycles. The van der Waals surface area contributed by atoms with Crippen LogP contribution in [0.15, 0.2) is 60.7 Å². The molecule has 0 aliphatic heterocycles. The number of nitriles is 1. The topological polar surface area (TPSA) is 27.0 Å². The molecule has 2 rings (SSSR count). The van der Waals surface area contributed by atoms with Crippen molar-refractivity contribution in [3.8, 4) is 6.07 Å². The van der Waals surface area contributed by atoms with Gasteiger partial charge in [-0.2, -0.15) is 5.26 Å². The van der Waals surface area contributed by atoms with E-state index in [4.69, 9.17) is 16.9 Å². The Balaban J connectivity index is 2.01. The Morgan fingerprint density at radius 2 is 1.62 bits per heavy atom. The van der Waals surface area contributed by atoms with E-state index >= 15 is 0 Å². The molecule has 0 heterocycles. The molecule has 108 valence electrons. The van der Waals surface area contributed by atoms with Crippen LogP contribution >= 0.6 is 11.6 Å². The molecule has 0 N–H and O–H groups in total. The number of alkyl halides is 1. The number of hydrogen-bond donors (Lipinski definition) is 0. The maximum Gasteiger partial charge on any atom is 0.0712 e. The molecule has 0 aliphatic carbocycles. The van der Waals surface area contributed by atoms with Crippen LogP contribution in [0.1, 0.15) is 22.9 Å². The first-order valence-corrected chi connectivity index (χ1v) is 7.55. The molecule has 2 nitrogen and oxygen atoms in total. The molecule has 2 aromatic carbocycles. The van der Waals surface area contributed by atoms with Crippen LogP contribution in [-0.4, -0.2) is 18.0 Å². The van der Waals surface area contributed by atoms with E-state index in [1.165, 1.54) is 5.56 Å². The molecule has 0 unspecified atom stereocenters. The summed E-state index contributed by atoms with van der Waals surface area (Å²) < 4.78 is 0. The first kappa shape index (κ1) is 15.6. The van der Waals surface area contributed by atoms with Crippen LogP contribution in [0, 0.1) is 11.3 Å². The highest BCUT2D eigenvalue weighted by atomic mass is 35.5. The monoisotopic (exact) mass is 298 g/mol. The average molecular weight is 299 g/mol. The standard InChI is InChI=1S/C18H19ClN2/c19-18(17-10-5-2-6-11-17)15-21(13-7-12-20)14-16-8-3-1-4-9-16/h1-6,8-11,18H,7,13-15H2/t18-/m0/s1. The van der Waals surface area contributed by atoms with Crippen LogP contribution < -0.4 is 0 Å². The second kappa shape index (κ2) is 8.46. The Morgan fingerprint density at radius 1 is 1.00 bits per heavy atom. The zero-order chi connectivity index (χ0) is 14.9. The Labute approximate surface area is 131 Å². The highest BCUT2D eigenvalue weighted by Gasteiger charge is 2.13. The zero-order valence-corrected chi connectivity index (χ0v) is 12.7. The van der Waals surface area contributed by atoms with E-state index in [2.05, 4.69) is 23.1 Å². The van der Waals surface area contributed by atoms with Crippen LogP contribution in [0.25, 0.3) is 0 Å². The number of hydrogen-bond acceptors (Lipinski definition) is 2. The van der Waals surface area contributed by atoms with Crippen molar-refractivity contribution in [3.05, 3.63) is 71.8 Å². The first-order valence-electron chi connectivity index (χ1n) is 7.12. The second-order valence-electron chi connectivity index (χ2n) is 5.01. The highest BCUT2D eigenvalue weighted by Crippen LogP contribution is 2.22. The minimum absolute atomic E-state index is 0.0615. The van der Waals surface area contributed by atoms with Gasteiger partial charge in [0.25, 0.3) is 0 Å². The van der Waals surface area contributed by atoms with Gasteiger partial charge in [-0.15, -0.1) is 11.6 Å². The summed E-state index contributed by atoms with van der Waals surface area (Å²) in [5.74, 6) is 0. The number of benzene rings is 2. The quantitative estimate of drug-likeness (QED) is 0.709. The van der Waals surface area contributed by atoms with Crippen molar-refractivity contribution in [2.45, 2.75) is 18.3 Å².